The van der Waals surface area contributed by atoms with Crippen LogP contribution in [0.5, 0.6) is 0 Å². The highest BCUT2D eigenvalue weighted by Crippen LogP contribution is 2.24. The standard InChI is InChI=1S/C10H12BrNO4S/c1-17(15,16)6-5-12-8-4-2-3-7(11)9(8)10(13)14/h2-4,12H,5-6H2,1H3,(H,13,14). The van der Waals surface area contributed by atoms with Gasteiger partial charge in [-0.05, 0) is 28.1 Å². The molecule has 0 bridgehead atoms. The maximum atomic E-state index is 11.0. The van der Waals surface area contributed by atoms with E-state index in [9.17, 15) is 13.2 Å². The molecule has 0 fully saturated rings. The molecule has 0 amide bonds. The van der Waals surface area contributed by atoms with Crippen LogP contribution in [0.1, 0.15) is 10.4 Å². The third-order valence-corrected chi connectivity index (χ3v) is 3.62. The van der Waals surface area contributed by atoms with Crippen molar-refractivity contribution >= 4 is 37.4 Å². The lowest BCUT2D eigenvalue weighted by atomic mass is 10.2. The van der Waals surface area contributed by atoms with E-state index >= 15 is 0 Å². The van der Waals surface area contributed by atoms with Gasteiger partial charge < -0.3 is 10.4 Å². The van der Waals surface area contributed by atoms with Gasteiger partial charge in [-0.3, -0.25) is 0 Å². The normalized spacial score (nSPS) is 11.2. The minimum absolute atomic E-state index is 0.0431. The van der Waals surface area contributed by atoms with Gasteiger partial charge in [0.15, 0.2) is 0 Å². The van der Waals surface area contributed by atoms with Gasteiger partial charge in [-0.2, -0.15) is 0 Å². The minimum Gasteiger partial charge on any atom is -0.478 e. The molecule has 0 aliphatic carbocycles. The van der Waals surface area contributed by atoms with Gasteiger partial charge >= 0.3 is 5.97 Å². The number of aromatic carboxylic acids is 1. The van der Waals surface area contributed by atoms with Gasteiger partial charge in [-0.15, -0.1) is 0 Å². The molecule has 0 atom stereocenters. The average Bonchev–Trinajstić information content (AvgIpc) is 2.14. The first-order valence-electron chi connectivity index (χ1n) is 4.74. The van der Waals surface area contributed by atoms with E-state index in [4.69, 9.17) is 5.11 Å². The number of carboxylic acid groups (broad SMARTS) is 1. The Hall–Kier alpha value is -1.08. The largest absolute Gasteiger partial charge is 0.478 e. The fraction of sp³-hybridized carbons (Fsp3) is 0.300. The second-order valence-corrected chi connectivity index (χ2v) is 6.64. The van der Waals surface area contributed by atoms with Crippen LogP contribution in [0.2, 0.25) is 0 Å². The molecule has 1 rings (SSSR count). The topological polar surface area (TPSA) is 83.5 Å². The van der Waals surface area contributed by atoms with Crippen LogP contribution in [0.15, 0.2) is 22.7 Å². The Morgan fingerprint density at radius 1 is 1.47 bits per heavy atom. The number of carbonyl (C=O) groups is 1. The van der Waals surface area contributed by atoms with Gasteiger partial charge in [-0.1, -0.05) is 6.07 Å². The summed E-state index contributed by atoms with van der Waals surface area (Å²) in [6.07, 6.45) is 1.13. The Morgan fingerprint density at radius 2 is 2.12 bits per heavy atom. The highest BCUT2D eigenvalue weighted by atomic mass is 79.9. The van der Waals surface area contributed by atoms with Gasteiger partial charge in [0, 0.05) is 23.0 Å². The van der Waals surface area contributed by atoms with Crippen molar-refractivity contribution in [3.05, 3.63) is 28.2 Å². The Kier molecular flexibility index (Phi) is 4.53. The van der Waals surface area contributed by atoms with Crippen LogP contribution in [0.4, 0.5) is 5.69 Å². The molecule has 0 saturated heterocycles. The summed E-state index contributed by atoms with van der Waals surface area (Å²) in [4.78, 5) is 11.0. The van der Waals surface area contributed by atoms with E-state index in [1.807, 2.05) is 0 Å². The van der Waals surface area contributed by atoms with Gasteiger partial charge in [0.05, 0.1) is 11.3 Å². The first kappa shape index (κ1) is 14.0. The molecule has 0 heterocycles. The van der Waals surface area contributed by atoms with Crippen molar-refractivity contribution in [1.29, 1.82) is 0 Å². The number of sulfone groups is 1. The van der Waals surface area contributed by atoms with Crippen molar-refractivity contribution in [1.82, 2.24) is 0 Å². The number of nitrogens with one attached hydrogen (secondary N) is 1. The lowest BCUT2D eigenvalue weighted by molar-refractivity contribution is 0.0697. The molecule has 0 unspecified atom stereocenters. The van der Waals surface area contributed by atoms with E-state index in [0.29, 0.717) is 10.2 Å². The van der Waals surface area contributed by atoms with E-state index in [2.05, 4.69) is 21.2 Å². The van der Waals surface area contributed by atoms with Crippen LogP contribution < -0.4 is 5.32 Å². The maximum absolute atomic E-state index is 11.0. The van der Waals surface area contributed by atoms with Crippen molar-refractivity contribution in [2.24, 2.45) is 0 Å². The molecular weight excluding hydrogens is 310 g/mol. The summed E-state index contributed by atoms with van der Waals surface area (Å²) in [5.74, 6) is -1.11. The van der Waals surface area contributed by atoms with Gasteiger partial charge in [0.1, 0.15) is 9.84 Å². The predicted octanol–water partition coefficient (Wildman–Crippen LogP) is 1.60. The summed E-state index contributed by atoms with van der Waals surface area (Å²) < 4.78 is 22.3. The first-order valence-corrected chi connectivity index (χ1v) is 7.60. The number of anilines is 1. The van der Waals surface area contributed by atoms with Crippen LogP contribution in [-0.4, -0.2) is 38.0 Å². The highest BCUT2D eigenvalue weighted by molar-refractivity contribution is 9.10. The molecule has 0 aliphatic heterocycles. The molecule has 1 aromatic rings. The molecular formula is C10H12BrNO4S. The molecule has 2 N–H and O–H groups in total. The molecule has 0 saturated carbocycles. The summed E-state index contributed by atoms with van der Waals surface area (Å²) in [7, 11) is -3.06. The number of rotatable bonds is 5. The van der Waals surface area contributed by atoms with Crippen molar-refractivity contribution in [3.8, 4) is 0 Å². The maximum Gasteiger partial charge on any atom is 0.338 e. The van der Waals surface area contributed by atoms with E-state index in [1.54, 1.807) is 18.2 Å². The zero-order chi connectivity index (χ0) is 13.1. The fourth-order valence-electron chi connectivity index (χ4n) is 1.26. The summed E-state index contributed by atoms with van der Waals surface area (Å²) in [5, 5.41) is 11.8. The molecule has 1 aromatic carbocycles. The minimum atomic E-state index is -3.06. The van der Waals surface area contributed by atoms with Gasteiger partial charge in [0.2, 0.25) is 0 Å². The fourth-order valence-corrected chi connectivity index (χ4v) is 2.27. The van der Waals surface area contributed by atoms with Crippen molar-refractivity contribution < 1.29 is 18.3 Å². The summed E-state index contributed by atoms with van der Waals surface area (Å²) >= 11 is 3.14. The van der Waals surface area contributed by atoms with Gasteiger partial charge in [0.25, 0.3) is 0 Å². The van der Waals surface area contributed by atoms with E-state index < -0.39 is 15.8 Å². The predicted molar refractivity (Wildman–Crippen MR) is 69.3 cm³/mol. The van der Waals surface area contributed by atoms with Crippen molar-refractivity contribution in [2.45, 2.75) is 0 Å². The Morgan fingerprint density at radius 3 is 2.65 bits per heavy atom. The number of halogens is 1. The third kappa shape index (κ3) is 4.35. The van der Waals surface area contributed by atoms with Crippen molar-refractivity contribution in [2.75, 3.05) is 23.9 Å². The first-order chi connectivity index (χ1) is 7.81. The van der Waals surface area contributed by atoms with Crippen LogP contribution in [0.3, 0.4) is 0 Å². The zero-order valence-corrected chi connectivity index (χ0v) is 11.5. The number of benzene rings is 1. The van der Waals surface area contributed by atoms with Crippen LogP contribution in [0.25, 0.3) is 0 Å². The molecule has 5 nitrogen and oxygen atoms in total. The summed E-state index contributed by atoms with van der Waals surface area (Å²) in [6.45, 7) is 0.176. The molecule has 0 aliphatic rings. The van der Waals surface area contributed by atoms with E-state index in [-0.39, 0.29) is 17.9 Å². The van der Waals surface area contributed by atoms with Crippen molar-refractivity contribution in [3.63, 3.8) is 0 Å². The second-order valence-electron chi connectivity index (χ2n) is 3.52. The Labute approximate surface area is 108 Å². The molecule has 17 heavy (non-hydrogen) atoms. The Bertz CT molecular complexity index is 527. The van der Waals surface area contributed by atoms with E-state index in [0.717, 1.165) is 6.26 Å². The van der Waals surface area contributed by atoms with Crippen LogP contribution in [-0.2, 0) is 9.84 Å². The van der Waals surface area contributed by atoms with E-state index in [1.165, 1.54) is 0 Å². The lowest BCUT2D eigenvalue weighted by Gasteiger charge is -2.10. The second kappa shape index (κ2) is 5.50. The number of hydrogen-bond acceptors (Lipinski definition) is 4. The third-order valence-electron chi connectivity index (χ3n) is 2.02. The van der Waals surface area contributed by atoms with Crippen LogP contribution in [0, 0.1) is 0 Å². The lowest BCUT2D eigenvalue weighted by Crippen LogP contribution is -2.16. The molecule has 0 spiro atoms. The molecule has 0 radical (unpaired) electrons. The molecule has 7 heteroatoms. The van der Waals surface area contributed by atoms with Crippen LogP contribution >= 0.6 is 15.9 Å². The monoisotopic (exact) mass is 321 g/mol. The highest BCUT2D eigenvalue weighted by Gasteiger charge is 2.13. The summed E-state index contributed by atoms with van der Waals surface area (Å²) in [5.41, 5.74) is 0.497. The average molecular weight is 322 g/mol. The number of carboxylic acids is 1. The zero-order valence-electron chi connectivity index (χ0n) is 9.10. The molecule has 0 aromatic heterocycles. The Balaban J connectivity index is 2.85. The summed E-state index contributed by atoms with van der Waals surface area (Å²) in [6, 6.07) is 4.89. The quantitative estimate of drug-likeness (QED) is 0.860. The van der Waals surface area contributed by atoms with Gasteiger partial charge in [-0.25, -0.2) is 13.2 Å². The smallest absolute Gasteiger partial charge is 0.338 e. The molecule has 94 valence electrons. The number of hydrogen-bond donors (Lipinski definition) is 2. The SMILES string of the molecule is CS(=O)(=O)CCNc1cccc(Br)c1C(=O)O.